The molecule has 44 heavy (non-hydrogen) atoms. The molecule has 242 valence electrons. The van der Waals surface area contributed by atoms with E-state index < -0.39 is 74.0 Å². The molecule has 2 aromatic rings. The first-order valence-corrected chi connectivity index (χ1v) is 13.7. The van der Waals surface area contributed by atoms with Crippen molar-refractivity contribution >= 4 is 12.0 Å². The summed E-state index contributed by atoms with van der Waals surface area (Å²) in [6.07, 6.45) is -12.5. The van der Waals surface area contributed by atoms with E-state index in [2.05, 4.69) is 0 Å². The Kier molecular flexibility index (Phi) is 11.0. The van der Waals surface area contributed by atoms with Gasteiger partial charge in [0.2, 0.25) is 0 Å². The van der Waals surface area contributed by atoms with Gasteiger partial charge in [-0.15, -0.1) is 0 Å². The molecule has 0 radical (unpaired) electrons. The highest BCUT2D eigenvalue weighted by Gasteiger charge is 2.50. The zero-order chi connectivity index (χ0) is 32.1. The van der Waals surface area contributed by atoms with E-state index in [1.54, 1.807) is 6.07 Å². The van der Waals surface area contributed by atoms with E-state index in [0.717, 1.165) is 6.08 Å². The van der Waals surface area contributed by atoms with Crippen LogP contribution in [0.3, 0.4) is 0 Å². The van der Waals surface area contributed by atoms with Crippen molar-refractivity contribution in [2.75, 3.05) is 13.2 Å². The molecule has 2 aromatic carbocycles. The third-order valence-electron chi connectivity index (χ3n) is 7.26. The first-order chi connectivity index (χ1) is 20.8. The van der Waals surface area contributed by atoms with Crippen molar-refractivity contribution < 1.29 is 74.4 Å². The van der Waals surface area contributed by atoms with Crippen LogP contribution in [0.1, 0.15) is 18.1 Å². The maximum absolute atomic E-state index is 12.4. The van der Waals surface area contributed by atoms with E-state index >= 15 is 0 Å². The molecule has 0 saturated carbocycles. The van der Waals surface area contributed by atoms with Crippen LogP contribution in [0, 0.1) is 0 Å². The molecule has 2 saturated heterocycles. The summed E-state index contributed by atoms with van der Waals surface area (Å²) < 4.78 is 27.7. The fraction of sp³-hybridized carbons (Fsp3) is 0.483. The van der Waals surface area contributed by atoms with Crippen molar-refractivity contribution in [1.29, 1.82) is 0 Å². The standard InChI is InChI=1S/C29H36O15/c1-13-22(35)24(37)25(38)29(42-13)44-27-23(36)20(12-41-21(34)7-4-14-2-5-16(30)18(32)10-14)43-28(26(27)39)40-9-8-15-3-6-17(31)19(33)11-15/h2-7,10-11,13,20,22-33,35-39H,8-9,12H2,1H3/b7-4+/t13-,20-,22+,23-,24-,25-,26-,27+,28-,29+/m1/s1. The van der Waals surface area contributed by atoms with Crippen LogP contribution < -0.4 is 0 Å². The van der Waals surface area contributed by atoms with Crippen molar-refractivity contribution in [1.82, 2.24) is 0 Å². The second-order valence-corrected chi connectivity index (χ2v) is 10.5. The number of hydrogen-bond donors (Lipinski definition) is 9. The van der Waals surface area contributed by atoms with Gasteiger partial charge in [0.15, 0.2) is 35.6 Å². The molecule has 10 atom stereocenters. The number of phenolic OH excluding ortho intramolecular Hbond substituents is 4. The van der Waals surface area contributed by atoms with Gasteiger partial charge in [-0.1, -0.05) is 12.1 Å². The van der Waals surface area contributed by atoms with Gasteiger partial charge in [0.05, 0.1) is 12.7 Å². The van der Waals surface area contributed by atoms with E-state index in [1.165, 1.54) is 43.3 Å². The normalized spacial score (nSPS) is 32.5. The Bertz CT molecular complexity index is 1300. The minimum Gasteiger partial charge on any atom is -0.504 e. The van der Waals surface area contributed by atoms with Gasteiger partial charge in [0.25, 0.3) is 0 Å². The van der Waals surface area contributed by atoms with Crippen molar-refractivity contribution in [2.45, 2.75) is 74.8 Å². The maximum atomic E-state index is 12.4. The molecule has 0 aromatic heterocycles. The van der Waals surface area contributed by atoms with Crippen LogP contribution in [0.4, 0.5) is 0 Å². The van der Waals surface area contributed by atoms with Crippen LogP contribution in [0.25, 0.3) is 6.08 Å². The summed E-state index contributed by atoms with van der Waals surface area (Å²) in [6, 6.07) is 8.05. The van der Waals surface area contributed by atoms with Gasteiger partial charge in [0, 0.05) is 6.08 Å². The number of hydrogen-bond acceptors (Lipinski definition) is 15. The molecular weight excluding hydrogens is 588 g/mol. The summed E-state index contributed by atoms with van der Waals surface area (Å²) in [6.45, 7) is 0.804. The number of phenols is 4. The summed E-state index contributed by atoms with van der Waals surface area (Å²) in [4.78, 5) is 12.4. The first-order valence-electron chi connectivity index (χ1n) is 13.7. The zero-order valence-electron chi connectivity index (χ0n) is 23.5. The Morgan fingerprint density at radius 1 is 0.795 bits per heavy atom. The quantitative estimate of drug-likeness (QED) is 0.0873. The van der Waals surface area contributed by atoms with Gasteiger partial charge in [-0.25, -0.2) is 4.79 Å². The van der Waals surface area contributed by atoms with Gasteiger partial charge in [0.1, 0.15) is 49.3 Å². The summed E-state index contributed by atoms with van der Waals surface area (Å²) in [7, 11) is 0. The Balaban J connectivity index is 1.44. The number of aliphatic hydroxyl groups is 5. The molecule has 2 aliphatic heterocycles. The molecule has 15 nitrogen and oxygen atoms in total. The summed E-state index contributed by atoms with van der Waals surface area (Å²) >= 11 is 0. The number of aliphatic hydroxyl groups excluding tert-OH is 5. The highest BCUT2D eigenvalue weighted by molar-refractivity contribution is 5.87. The van der Waals surface area contributed by atoms with Crippen LogP contribution in [0.5, 0.6) is 23.0 Å². The summed E-state index contributed by atoms with van der Waals surface area (Å²) in [5.41, 5.74) is 0.962. The van der Waals surface area contributed by atoms with E-state index in [1.807, 2.05) is 0 Å². The van der Waals surface area contributed by atoms with Crippen molar-refractivity contribution in [2.24, 2.45) is 0 Å². The predicted octanol–water partition coefficient (Wildman–Crippen LogP) is -1.02. The Morgan fingerprint density at radius 3 is 2.16 bits per heavy atom. The lowest BCUT2D eigenvalue weighted by Crippen LogP contribution is -2.64. The van der Waals surface area contributed by atoms with Crippen LogP contribution in [0.15, 0.2) is 42.5 Å². The molecule has 4 rings (SSSR count). The fourth-order valence-electron chi connectivity index (χ4n) is 4.66. The molecule has 0 spiro atoms. The van der Waals surface area contributed by atoms with Crippen LogP contribution >= 0.6 is 0 Å². The number of carbonyl (C=O) groups is 1. The largest absolute Gasteiger partial charge is 0.504 e. The average Bonchev–Trinajstić information content (AvgIpc) is 2.99. The van der Waals surface area contributed by atoms with E-state index in [0.29, 0.717) is 11.1 Å². The average molecular weight is 625 g/mol. The predicted molar refractivity (Wildman–Crippen MR) is 147 cm³/mol. The molecule has 0 bridgehead atoms. The number of aromatic hydroxyl groups is 4. The molecule has 2 fully saturated rings. The van der Waals surface area contributed by atoms with Gasteiger partial charge in [-0.3, -0.25) is 0 Å². The number of esters is 1. The van der Waals surface area contributed by atoms with Gasteiger partial charge >= 0.3 is 5.97 Å². The number of ether oxygens (including phenoxy) is 5. The molecule has 15 heteroatoms. The molecule has 2 heterocycles. The van der Waals surface area contributed by atoms with Crippen LogP contribution in [-0.2, 0) is 34.9 Å². The van der Waals surface area contributed by atoms with E-state index in [-0.39, 0.29) is 36.0 Å². The minimum absolute atomic E-state index is 0.0754. The smallest absolute Gasteiger partial charge is 0.330 e. The summed E-state index contributed by atoms with van der Waals surface area (Å²) in [5, 5.41) is 90.8. The summed E-state index contributed by atoms with van der Waals surface area (Å²) in [5.74, 6) is -2.23. The molecular formula is C29H36O15. The van der Waals surface area contributed by atoms with E-state index in [4.69, 9.17) is 23.7 Å². The molecule has 2 aliphatic rings. The molecule has 0 aliphatic carbocycles. The number of benzene rings is 2. The lowest BCUT2D eigenvalue weighted by atomic mass is 9.97. The second kappa shape index (κ2) is 14.5. The SMILES string of the molecule is C[C@H]1O[C@@H](O[C@@H]2[C@@H](O)[C@H](OCCc3ccc(O)c(O)c3)O[C@H](COC(=O)/C=C/c3ccc(O)c(O)c3)[C@H]2O)[C@H](O)[C@H](O)[C@H]1O. The lowest BCUT2D eigenvalue weighted by Gasteiger charge is -2.45. The first kappa shape index (κ1) is 33.4. The Labute approximate surface area is 251 Å². The zero-order valence-corrected chi connectivity index (χ0v) is 23.5. The van der Waals surface area contributed by atoms with Crippen LogP contribution in [0.2, 0.25) is 0 Å². The number of carbonyl (C=O) groups excluding carboxylic acids is 1. The Morgan fingerprint density at radius 2 is 1.48 bits per heavy atom. The third kappa shape index (κ3) is 7.95. The topological polar surface area (TPSA) is 245 Å². The number of rotatable bonds is 10. The van der Waals surface area contributed by atoms with Crippen LogP contribution in [-0.4, -0.2) is 127 Å². The molecule has 0 amide bonds. The van der Waals surface area contributed by atoms with Crippen molar-refractivity contribution in [3.05, 3.63) is 53.6 Å². The Hall–Kier alpha value is -3.51. The highest BCUT2D eigenvalue weighted by atomic mass is 16.7. The third-order valence-corrected chi connectivity index (χ3v) is 7.26. The van der Waals surface area contributed by atoms with E-state index in [9.17, 15) is 50.8 Å². The monoisotopic (exact) mass is 624 g/mol. The van der Waals surface area contributed by atoms with Gasteiger partial charge < -0.3 is 69.6 Å². The fourth-order valence-corrected chi connectivity index (χ4v) is 4.66. The van der Waals surface area contributed by atoms with Crippen molar-refractivity contribution in [3.63, 3.8) is 0 Å². The van der Waals surface area contributed by atoms with Crippen molar-refractivity contribution in [3.8, 4) is 23.0 Å². The molecule has 9 N–H and O–H groups in total. The second-order valence-electron chi connectivity index (χ2n) is 10.5. The lowest BCUT2D eigenvalue weighted by molar-refractivity contribution is -0.357. The van der Waals surface area contributed by atoms with Gasteiger partial charge in [-0.05, 0) is 54.8 Å². The highest BCUT2D eigenvalue weighted by Crippen LogP contribution is 2.31. The molecule has 0 unspecified atom stereocenters. The van der Waals surface area contributed by atoms with Gasteiger partial charge in [-0.2, -0.15) is 0 Å². The minimum atomic E-state index is -1.74. The maximum Gasteiger partial charge on any atom is 0.330 e.